The van der Waals surface area contributed by atoms with E-state index in [0.29, 0.717) is 10.4 Å². The fourth-order valence-corrected chi connectivity index (χ4v) is 3.09. The van der Waals surface area contributed by atoms with Gasteiger partial charge in [0.2, 0.25) is 5.13 Å². The Balaban J connectivity index is 2.03. The molecule has 0 bridgehead atoms. The molecule has 0 unspecified atom stereocenters. The van der Waals surface area contributed by atoms with Crippen LogP contribution in [0.4, 0.5) is 13.2 Å². The van der Waals surface area contributed by atoms with Gasteiger partial charge in [-0.3, -0.25) is 4.79 Å². The first-order valence-electron chi connectivity index (χ1n) is 7.47. The Morgan fingerprint density at radius 1 is 1.31 bits per heavy atom. The molecule has 26 heavy (non-hydrogen) atoms. The minimum absolute atomic E-state index is 0.0268. The largest absolute Gasteiger partial charge is 0.434 e. The highest BCUT2D eigenvalue weighted by molar-refractivity contribution is 7.12. The number of aromatic nitrogens is 3. The summed E-state index contributed by atoms with van der Waals surface area (Å²) in [6.45, 7) is 3.47. The molecule has 0 atom stereocenters. The molecule has 1 amide bonds. The summed E-state index contributed by atoms with van der Waals surface area (Å²) in [6.07, 6.45) is -2.50. The molecule has 0 saturated carbocycles. The topological polar surface area (TPSA) is 59.8 Å². The van der Waals surface area contributed by atoms with Crippen molar-refractivity contribution in [2.24, 2.45) is 0 Å². The standard InChI is InChI=1S/C17H13F3N4OS/c1-2-8-21-15(25)12-9-22-24(14(12)17(18,19)20)16-23-13(10-26-16)11-6-4-3-5-7-11/h2-7,9-10H,1,8H2,(H,21,25). The maximum absolute atomic E-state index is 13.6. The van der Waals surface area contributed by atoms with Crippen molar-refractivity contribution in [1.29, 1.82) is 0 Å². The van der Waals surface area contributed by atoms with Crippen molar-refractivity contribution in [3.8, 4) is 16.4 Å². The molecule has 0 spiro atoms. The summed E-state index contributed by atoms with van der Waals surface area (Å²) >= 11 is 1.01. The van der Waals surface area contributed by atoms with Gasteiger partial charge in [-0.2, -0.15) is 18.3 Å². The highest BCUT2D eigenvalue weighted by Gasteiger charge is 2.41. The summed E-state index contributed by atoms with van der Waals surface area (Å²) in [7, 11) is 0. The maximum atomic E-state index is 13.6. The van der Waals surface area contributed by atoms with E-state index in [1.165, 1.54) is 6.08 Å². The normalized spacial score (nSPS) is 11.3. The number of carbonyl (C=O) groups is 1. The molecule has 134 valence electrons. The van der Waals surface area contributed by atoms with Crippen LogP contribution in [0.1, 0.15) is 16.1 Å². The monoisotopic (exact) mass is 378 g/mol. The highest BCUT2D eigenvalue weighted by atomic mass is 32.1. The van der Waals surface area contributed by atoms with Crippen molar-refractivity contribution in [2.75, 3.05) is 6.54 Å². The van der Waals surface area contributed by atoms with E-state index in [0.717, 1.165) is 23.1 Å². The van der Waals surface area contributed by atoms with Gasteiger partial charge in [-0.15, -0.1) is 17.9 Å². The van der Waals surface area contributed by atoms with Crippen molar-refractivity contribution in [3.63, 3.8) is 0 Å². The minimum Gasteiger partial charge on any atom is -0.348 e. The molecule has 5 nitrogen and oxygen atoms in total. The first-order valence-corrected chi connectivity index (χ1v) is 8.35. The number of nitrogens with one attached hydrogen (secondary N) is 1. The van der Waals surface area contributed by atoms with Gasteiger partial charge >= 0.3 is 6.18 Å². The van der Waals surface area contributed by atoms with Crippen molar-refractivity contribution in [1.82, 2.24) is 20.1 Å². The van der Waals surface area contributed by atoms with Gasteiger partial charge < -0.3 is 5.32 Å². The lowest BCUT2D eigenvalue weighted by atomic mass is 10.2. The smallest absolute Gasteiger partial charge is 0.348 e. The fourth-order valence-electron chi connectivity index (χ4n) is 2.30. The van der Waals surface area contributed by atoms with Gasteiger partial charge in [-0.25, -0.2) is 9.67 Å². The Morgan fingerprint density at radius 3 is 2.69 bits per heavy atom. The molecule has 0 saturated heterocycles. The molecule has 0 fully saturated rings. The van der Waals surface area contributed by atoms with E-state index in [4.69, 9.17) is 0 Å². The molecule has 1 aromatic carbocycles. The summed E-state index contributed by atoms with van der Waals surface area (Å²) in [5.74, 6) is -0.872. The molecular weight excluding hydrogens is 365 g/mol. The minimum atomic E-state index is -4.77. The number of amides is 1. The number of benzene rings is 1. The lowest BCUT2D eigenvalue weighted by Crippen LogP contribution is -2.26. The molecule has 3 aromatic rings. The average Bonchev–Trinajstić information content (AvgIpc) is 3.26. The van der Waals surface area contributed by atoms with Crippen LogP contribution in [0, 0.1) is 0 Å². The zero-order valence-corrected chi connectivity index (χ0v) is 14.1. The fraction of sp³-hybridized carbons (Fsp3) is 0.118. The van der Waals surface area contributed by atoms with Crippen molar-refractivity contribution < 1.29 is 18.0 Å². The van der Waals surface area contributed by atoms with E-state index in [2.05, 4.69) is 22.0 Å². The van der Waals surface area contributed by atoms with Gasteiger partial charge in [-0.1, -0.05) is 36.4 Å². The lowest BCUT2D eigenvalue weighted by Gasteiger charge is -2.10. The molecule has 0 aliphatic carbocycles. The van der Waals surface area contributed by atoms with Crippen LogP contribution < -0.4 is 5.32 Å². The van der Waals surface area contributed by atoms with Gasteiger partial charge in [0.05, 0.1) is 17.5 Å². The summed E-state index contributed by atoms with van der Waals surface area (Å²) in [5, 5.41) is 7.75. The third kappa shape index (κ3) is 3.52. The van der Waals surface area contributed by atoms with Gasteiger partial charge in [0, 0.05) is 17.5 Å². The van der Waals surface area contributed by atoms with E-state index in [9.17, 15) is 18.0 Å². The zero-order chi connectivity index (χ0) is 18.7. The predicted octanol–water partition coefficient (Wildman–Crippen LogP) is 3.93. The number of halogens is 3. The molecule has 0 aliphatic heterocycles. The maximum Gasteiger partial charge on any atom is 0.434 e. The predicted molar refractivity (Wildman–Crippen MR) is 92.2 cm³/mol. The number of carbonyl (C=O) groups excluding carboxylic acids is 1. The molecule has 0 radical (unpaired) electrons. The summed E-state index contributed by atoms with van der Waals surface area (Å²) < 4.78 is 41.3. The van der Waals surface area contributed by atoms with E-state index in [1.807, 2.05) is 18.2 Å². The molecule has 9 heteroatoms. The molecule has 2 heterocycles. The van der Waals surface area contributed by atoms with E-state index < -0.39 is 23.3 Å². The van der Waals surface area contributed by atoms with Crippen LogP contribution in [0.2, 0.25) is 0 Å². The molecule has 3 rings (SSSR count). The van der Waals surface area contributed by atoms with Crippen molar-refractivity contribution in [3.05, 3.63) is 65.8 Å². The van der Waals surface area contributed by atoms with Crippen molar-refractivity contribution in [2.45, 2.75) is 6.18 Å². The number of rotatable bonds is 5. The second-order valence-electron chi connectivity index (χ2n) is 5.20. The van der Waals surface area contributed by atoms with Crippen LogP contribution >= 0.6 is 11.3 Å². The molecule has 0 aliphatic rings. The van der Waals surface area contributed by atoms with E-state index in [1.54, 1.807) is 17.5 Å². The SMILES string of the molecule is C=CCNC(=O)c1cnn(-c2nc(-c3ccccc3)cs2)c1C(F)(F)F. The Bertz CT molecular complexity index is 931. The molecule has 1 N–H and O–H groups in total. The molecule has 2 aromatic heterocycles. The third-order valence-corrected chi connectivity index (χ3v) is 4.25. The van der Waals surface area contributed by atoms with Gasteiger partial charge in [0.25, 0.3) is 5.91 Å². The number of hydrogen-bond acceptors (Lipinski definition) is 4. The number of alkyl halides is 3. The number of nitrogens with zero attached hydrogens (tertiary/aromatic N) is 3. The van der Waals surface area contributed by atoms with Gasteiger partial charge in [0.1, 0.15) is 0 Å². The van der Waals surface area contributed by atoms with Gasteiger partial charge in [-0.05, 0) is 0 Å². The Hall–Kier alpha value is -2.94. The lowest BCUT2D eigenvalue weighted by molar-refractivity contribution is -0.143. The summed E-state index contributed by atoms with van der Waals surface area (Å²) in [6, 6.07) is 9.07. The van der Waals surface area contributed by atoms with Crippen LogP contribution in [-0.4, -0.2) is 27.2 Å². The third-order valence-electron chi connectivity index (χ3n) is 3.43. The van der Waals surface area contributed by atoms with Crippen LogP contribution in [0.3, 0.4) is 0 Å². The Labute approximate surface area is 150 Å². The van der Waals surface area contributed by atoms with Crippen LogP contribution in [0.25, 0.3) is 16.4 Å². The highest BCUT2D eigenvalue weighted by Crippen LogP contribution is 2.35. The van der Waals surface area contributed by atoms with Crippen LogP contribution in [-0.2, 0) is 6.18 Å². The number of hydrogen-bond donors (Lipinski definition) is 1. The second kappa shape index (κ2) is 7.12. The quantitative estimate of drug-likeness (QED) is 0.685. The number of thiazole rings is 1. The first-order chi connectivity index (χ1) is 12.4. The average molecular weight is 378 g/mol. The van der Waals surface area contributed by atoms with Crippen molar-refractivity contribution >= 4 is 17.2 Å². The van der Waals surface area contributed by atoms with Crippen LogP contribution in [0.5, 0.6) is 0 Å². The Morgan fingerprint density at radius 2 is 2.04 bits per heavy atom. The molecular formula is C17H13F3N4OS. The zero-order valence-electron chi connectivity index (χ0n) is 13.3. The first kappa shape index (κ1) is 17.9. The van der Waals surface area contributed by atoms with E-state index in [-0.39, 0.29) is 11.7 Å². The van der Waals surface area contributed by atoms with Gasteiger partial charge in [0.15, 0.2) is 5.69 Å². The summed E-state index contributed by atoms with van der Waals surface area (Å²) in [5.41, 5.74) is -0.407. The van der Waals surface area contributed by atoms with E-state index >= 15 is 0 Å². The Kier molecular flexibility index (Phi) is 4.90. The van der Waals surface area contributed by atoms with Crippen LogP contribution in [0.15, 0.2) is 54.6 Å². The second-order valence-corrected chi connectivity index (χ2v) is 6.03. The summed E-state index contributed by atoms with van der Waals surface area (Å²) in [4.78, 5) is 16.2.